The monoisotopic (exact) mass is 194 g/mol. The topological polar surface area (TPSA) is 38.7 Å². The Morgan fingerprint density at radius 2 is 1.86 bits per heavy atom. The van der Waals surface area contributed by atoms with Crippen LogP contribution in [0.1, 0.15) is 13.3 Å². The molecule has 0 saturated carbocycles. The van der Waals surface area contributed by atoms with Gasteiger partial charge in [0.05, 0.1) is 0 Å². The molecule has 1 aromatic carbocycles. The van der Waals surface area contributed by atoms with Crippen molar-refractivity contribution < 1.29 is 14.6 Å². The largest absolute Gasteiger partial charge is 0.483 e. The molecule has 0 bridgehead atoms. The third kappa shape index (κ3) is 1.68. The molecule has 3 nitrogen and oxygen atoms in total. The molecule has 14 heavy (non-hydrogen) atoms. The molecule has 1 aliphatic heterocycles. The van der Waals surface area contributed by atoms with Crippen molar-refractivity contribution in [1.82, 2.24) is 0 Å². The maximum absolute atomic E-state index is 8.85. The number of aliphatic hydroxyl groups excluding tert-OH is 1. The molecule has 0 aliphatic carbocycles. The fourth-order valence-electron chi connectivity index (χ4n) is 1.60. The van der Waals surface area contributed by atoms with Crippen molar-refractivity contribution >= 4 is 0 Å². The van der Waals surface area contributed by atoms with Gasteiger partial charge in [-0.05, 0) is 19.1 Å². The molecule has 1 aromatic rings. The van der Waals surface area contributed by atoms with Crippen LogP contribution in [0.4, 0.5) is 0 Å². The molecule has 0 amide bonds. The van der Waals surface area contributed by atoms with Gasteiger partial charge in [-0.3, -0.25) is 0 Å². The van der Waals surface area contributed by atoms with Crippen LogP contribution in [0.15, 0.2) is 24.3 Å². The average Bonchev–Trinajstić information content (AvgIpc) is 2.19. The molecule has 3 heteroatoms. The van der Waals surface area contributed by atoms with Crippen molar-refractivity contribution in [3.05, 3.63) is 24.3 Å². The highest BCUT2D eigenvalue weighted by atomic mass is 16.6. The molecule has 0 saturated heterocycles. The van der Waals surface area contributed by atoms with E-state index < -0.39 is 0 Å². The highest BCUT2D eigenvalue weighted by Gasteiger charge is 2.27. The van der Waals surface area contributed by atoms with Gasteiger partial charge in [0.25, 0.3) is 0 Å². The molecule has 2 rings (SSSR count). The molecule has 0 fully saturated rings. The standard InChI is InChI=1S/C11H14O3/c1-8-9(6-7-12)14-11-5-3-2-4-10(11)13-8/h2-5,8-9,12H,6-7H2,1H3. The minimum Gasteiger partial charge on any atom is -0.483 e. The Morgan fingerprint density at radius 1 is 1.21 bits per heavy atom. The summed E-state index contributed by atoms with van der Waals surface area (Å²) in [5.41, 5.74) is 0. The maximum atomic E-state index is 8.85. The first-order valence-electron chi connectivity index (χ1n) is 4.84. The van der Waals surface area contributed by atoms with Crippen molar-refractivity contribution in [2.45, 2.75) is 25.6 Å². The van der Waals surface area contributed by atoms with Crippen molar-refractivity contribution in [3.8, 4) is 11.5 Å². The molecule has 1 N–H and O–H groups in total. The molecule has 0 radical (unpaired) electrons. The lowest BCUT2D eigenvalue weighted by Crippen LogP contribution is -2.38. The minimum absolute atomic E-state index is 0.00273. The van der Waals surface area contributed by atoms with Crippen LogP contribution in [-0.2, 0) is 0 Å². The van der Waals surface area contributed by atoms with Crippen molar-refractivity contribution in [3.63, 3.8) is 0 Å². The lowest BCUT2D eigenvalue weighted by Gasteiger charge is -2.31. The zero-order chi connectivity index (χ0) is 9.97. The zero-order valence-electron chi connectivity index (χ0n) is 8.14. The van der Waals surface area contributed by atoms with Crippen molar-refractivity contribution in [1.29, 1.82) is 0 Å². The van der Waals surface area contributed by atoms with Gasteiger partial charge in [0.1, 0.15) is 12.2 Å². The molecule has 76 valence electrons. The van der Waals surface area contributed by atoms with E-state index in [1.54, 1.807) is 0 Å². The summed E-state index contributed by atoms with van der Waals surface area (Å²) in [6.45, 7) is 2.08. The number of aliphatic hydroxyl groups is 1. The van der Waals surface area contributed by atoms with Crippen LogP contribution in [0.5, 0.6) is 11.5 Å². The van der Waals surface area contributed by atoms with Crippen LogP contribution >= 0.6 is 0 Å². The number of hydrogen-bond acceptors (Lipinski definition) is 3. The van der Waals surface area contributed by atoms with Gasteiger partial charge in [-0.25, -0.2) is 0 Å². The number of rotatable bonds is 2. The second kappa shape index (κ2) is 3.88. The SMILES string of the molecule is CC1Oc2ccccc2OC1CCO. The molecule has 0 aromatic heterocycles. The van der Waals surface area contributed by atoms with E-state index in [0.29, 0.717) is 6.42 Å². The third-order valence-corrected chi connectivity index (χ3v) is 2.38. The minimum atomic E-state index is -0.0464. The second-order valence-corrected chi connectivity index (χ2v) is 3.44. The Morgan fingerprint density at radius 3 is 2.50 bits per heavy atom. The lowest BCUT2D eigenvalue weighted by atomic mass is 10.1. The summed E-state index contributed by atoms with van der Waals surface area (Å²) in [5.74, 6) is 1.55. The predicted molar refractivity (Wildman–Crippen MR) is 52.7 cm³/mol. The second-order valence-electron chi connectivity index (χ2n) is 3.44. The summed E-state index contributed by atoms with van der Waals surface area (Å²) >= 11 is 0. The van der Waals surface area contributed by atoms with E-state index in [1.807, 2.05) is 31.2 Å². The van der Waals surface area contributed by atoms with Gasteiger partial charge >= 0.3 is 0 Å². The summed E-state index contributed by atoms with van der Waals surface area (Å²) in [5, 5.41) is 8.85. The van der Waals surface area contributed by atoms with Gasteiger partial charge in [0.15, 0.2) is 11.5 Å². The van der Waals surface area contributed by atoms with Gasteiger partial charge in [-0.1, -0.05) is 12.1 Å². The highest BCUT2D eigenvalue weighted by molar-refractivity contribution is 5.41. The fraction of sp³-hybridized carbons (Fsp3) is 0.455. The molecular formula is C11H14O3. The van der Waals surface area contributed by atoms with Gasteiger partial charge in [-0.15, -0.1) is 0 Å². The van der Waals surface area contributed by atoms with E-state index in [4.69, 9.17) is 14.6 Å². The number of ether oxygens (including phenoxy) is 2. The van der Waals surface area contributed by atoms with Gasteiger partial charge in [-0.2, -0.15) is 0 Å². The number of fused-ring (bicyclic) bond motifs is 1. The Hall–Kier alpha value is -1.22. The molecule has 1 aliphatic rings. The van der Waals surface area contributed by atoms with Gasteiger partial charge in [0, 0.05) is 13.0 Å². The summed E-state index contributed by atoms with van der Waals surface area (Å²) in [4.78, 5) is 0. The molecule has 2 unspecified atom stereocenters. The zero-order valence-corrected chi connectivity index (χ0v) is 8.14. The lowest BCUT2D eigenvalue weighted by molar-refractivity contribution is 0.0173. The van der Waals surface area contributed by atoms with Crippen molar-refractivity contribution in [2.24, 2.45) is 0 Å². The summed E-state index contributed by atoms with van der Waals surface area (Å²) in [6, 6.07) is 7.60. The van der Waals surface area contributed by atoms with Crippen LogP contribution in [0.3, 0.4) is 0 Å². The van der Waals surface area contributed by atoms with Gasteiger partial charge in [0.2, 0.25) is 0 Å². The number of benzene rings is 1. The van der Waals surface area contributed by atoms with Crippen LogP contribution < -0.4 is 9.47 Å². The van der Waals surface area contributed by atoms with E-state index in [2.05, 4.69) is 0 Å². The number of para-hydroxylation sites is 2. The fourth-order valence-corrected chi connectivity index (χ4v) is 1.60. The van der Waals surface area contributed by atoms with E-state index in [-0.39, 0.29) is 18.8 Å². The maximum Gasteiger partial charge on any atom is 0.161 e. The van der Waals surface area contributed by atoms with Crippen LogP contribution in [0.25, 0.3) is 0 Å². The Labute approximate surface area is 83.3 Å². The summed E-state index contributed by atoms with van der Waals surface area (Å²) in [6.07, 6.45) is 0.558. The van der Waals surface area contributed by atoms with E-state index in [0.717, 1.165) is 11.5 Å². The summed E-state index contributed by atoms with van der Waals surface area (Å²) < 4.78 is 11.4. The first kappa shape index (κ1) is 9.34. The molecule has 2 atom stereocenters. The normalized spacial score (nSPS) is 24.7. The smallest absolute Gasteiger partial charge is 0.161 e. The Bertz CT molecular complexity index is 311. The first-order chi connectivity index (χ1) is 6.81. The van der Waals surface area contributed by atoms with E-state index >= 15 is 0 Å². The molecular weight excluding hydrogens is 180 g/mol. The Balaban J connectivity index is 2.18. The third-order valence-electron chi connectivity index (χ3n) is 2.38. The van der Waals surface area contributed by atoms with E-state index in [9.17, 15) is 0 Å². The molecule has 0 spiro atoms. The van der Waals surface area contributed by atoms with Crippen LogP contribution in [0.2, 0.25) is 0 Å². The van der Waals surface area contributed by atoms with E-state index in [1.165, 1.54) is 0 Å². The van der Waals surface area contributed by atoms with Crippen LogP contribution in [-0.4, -0.2) is 23.9 Å². The first-order valence-corrected chi connectivity index (χ1v) is 4.84. The summed E-state index contributed by atoms with van der Waals surface area (Å²) in [7, 11) is 0. The Kier molecular flexibility index (Phi) is 2.59. The van der Waals surface area contributed by atoms with Crippen LogP contribution in [0, 0.1) is 0 Å². The average molecular weight is 194 g/mol. The predicted octanol–water partition coefficient (Wildman–Crippen LogP) is 1.60. The molecule has 1 heterocycles. The van der Waals surface area contributed by atoms with Crippen molar-refractivity contribution in [2.75, 3.05) is 6.61 Å². The number of hydrogen-bond donors (Lipinski definition) is 1. The highest BCUT2D eigenvalue weighted by Crippen LogP contribution is 2.33. The quantitative estimate of drug-likeness (QED) is 0.777. The van der Waals surface area contributed by atoms with Gasteiger partial charge < -0.3 is 14.6 Å².